The van der Waals surface area contributed by atoms with Crippen molar-refractivity contribution in [3.63, 3.8) is 0 Å². The van der Waals surface area contributed by atoms with E-state index in [1.54, 1.807) is 18.2 Å². The van der Waals surface area contributed by atoms with Crippen molar-refractivity contribution in [2.75, 3.05) is 12.4 Å². The van der Waals surface area contributed by atoms with Crippen LogP contribution in [0.15, 0.2) is 18.2 Å². The lowest BCUT2D eigenvalue weighted by Gasteiger charge is -2.41. The fourth-order valence-electron chi connectivity index (χ4n) is 2.36. The number of anilines is 1. The highest BCUT2D eigenvalue weighted by molar-refractivity contribution is 6.33. The summed E-state index contributed by atoms with van der Waals surface area (Å²) in [5.41, 5.74) is -0.236. The van der Waals surface area contributed by atoms with E-state index in [1.807, 2.05) is 0 Å². The van der Waals surface area contributed by atoms with Gasteiger partial charge >= 0.3 is 12.0 Å². The summed E-state index contributed by atoms with van der Waals surface area (Å²) in [6.45, 7) is 0. The molecule has 1 aliphatic rings. The van der Waals surface area contributed by atoms with Gasteiger partial charge in [-0.05, 0) is 31.4 Å². The molecule has 1 aromatic carbocycles. The molecule has 21 heavy (non-hydrogen) atoms. The van der Waals surface area contributed by atoms with Crippen molar-refractivity contribution in [2.24, 2.45) is 0 Å². The quantitative estimate of drug-likeness (QED) is 0.780. The van der Waals surface area contributed by atoms with Crippen molar-refractivity contribution >= 4 is 29.3 Å². The maximum Gasteiger partial charge on any atom is 0.319 e. The van der Waals surface area contributed by atoms with Crippen LogP contribution in [0.1, 0.15) is 25.7 Å². The molecule has 1 aliphatic carbocycles. The summed E-state index contributed by atoms with van der Waals surface area (Å²) in [4.78, 5) is 22.9. The molecular formula is C14H17ClN2O4. The Morgan fingerprint density at radius 3 is 2.67 bits per heavy atom. The first-order valence-electron chi connectivity index (χ1n) is 6.59. The first-order chi connectivity index (χ1) is 9.94. The number of benzene rings is 1. The lowest BCUT2D eigenvalue weighted by Crippen LogP contribution is -2.55. The Balaban J connectivity index is 2.03. The third kappa shape index (κ3) is 3.78. The molecule has 3 N–H and O–H groups in total. The predicted molar refractivity (Wildman–Crippen MR) is 79.0 cm³/mol. The SMILES string of the molecule is COc1ccc(Cl)c(NC(=O)NC2(CC(=O)O)CCC2)c1. The third-order valence-corrected chi connectivity index (χ3v) is 3.93. The van der Waals surface area contributed by atoms with Gasteiger partial charge in [-0.1, -0.05) is 11.6 Å². The molecule has 0 spiro atoms. The number of amides is 2. The van der Waals surface area contributed by atoms with Crippen molar-refractivity contribution in [3.8, 4) is 5.75 Å². The smallest absolute Gasteiger partial charge is 0.319 e. The van der Waals surface area contributed by atoms with Crippen LogP contribution in [0.5, 0.6) is 5.75 Å². The lowest BCUT2D eigenvalue weighted by molar-refractivity contribution is -0.139. The molecule has 0 unspecified atom stereocenters. The average Bonchev–Trinajstić information content (AvgIpc) is 2.38. The van der Waals surface area contributed by atoms with Crippen LogP contribution < -0.4 is 15.4 Å². The number of carboxylic acids is 1. The van der Waals surface area contributed by atoms with E-state index in [-0.39, 0.29) is 6.42 Å². The Morgan fingerprint density at radius 2 is 2.14 bits per heavy atom. The van der Waals surface area contributed by atoms with Crippen molar-refractivity contribution < 1.29 is 19.4 Å². The Labute approximate surface area is 127 Å². The second-order valence-corrected chi connectivity index (χ2v) is 5.54. The highest BCUT2D eigenvalue weighted by Crippen LogP contribution is 2.35. The minimum absolute atomic E-state index is 0.0771. The summed E-state index contributed by atoms with van der Waals surface area (Å²) in [5.74, 6) is -0.354. The normalized spacial score (nSPS) is 15.7. The van der Waals surface area contributed by atoms with Crippen molar-refractivity contribution in [1.29, 1.82) is 0 Å². The number of halogens is 1. The standard InChI is InChI=1S/C14H17ClN2O4/c1-21-9-3-4-10(15)11(7-9)16-13(20)17-14(5-2-6-14)8-12(18)19/h3-4,7H,2,5-6,8H2,1H3,(H,18,19)(H2,16,17,20). The number of hydrogen-bond acceptors (Lipinski definition) is 3. The number of rotatable bonds is 5. The number of nitrogens with one attached hydrogen (secondary N) is 2. The zero-order valence-corrected chi connectivity index (χ0v) is 12.4. The van der Waals surface area contributed by atoms with Gasteiger partial charge in [0.25, 0.3) is 0 Å². The van der Waals surface area contributed by atoms with Gasteiger partial charge in [-0.15, -0.1) is 0 Å². The largest absolute Gasteiger partial charge is 0.497 e. The molecule has 1 aromatic rings. The summed E-state index contributed by atoms with van der Waals surface area (Å²) < 4.78 is 5.07. The molecular weight excluding hydrogens is 296 g/mol. The zero-order valence-electron chi connectivity index (χ0n) is 11.6. The number of carbonyl (C=O) groups is 2. The monoisotopic (exact) mass is 312 g/mol. The number of hydrogen-bond donors (Lipinski definition) is 3. The van der Waals surface area contributed by atoms with E-state index in [4.69, 9.17) is 21.4 Å². The summed E-state index contributed by atoms with van der Waals surface area (Å²) in [6, 6.07) is 4.44. The van der Waals surface area contributed by atoms with Crippen molar-refractivity contribution in [2.45, 2.75) is 31.2 Å². The number of urea groups is 1. The Bertz CT molecular complexity index is 558. The van der Waals surface area contributed by atoms with Crippen LogP contribution in [0.3, 0.4) is 0 Å². The maximum absolute atomic E-state index is 12.0. The first kappa shape index (κ1) is 15.4. The molecule has 0 aliphatic heterocycles. The van der Waals surface area contributed by atoms with E-state index in [1.165, 1.54) is 7.11 Å². The minimum atomic E-state index is -0.922. The van der Waals surface area contributed by atoms with Crippen molar-refractivity contribution in [1.82, 2.24) is 5.32 Å². The molecule has 114 valence electrons. The molecule has 0 heterocycles. The summed E-state index contributed by atoms with van der Waals surface area (Å²) in [5, 5.41) is 14.7. The van der Waals surface area contributed by atoms with E-state index in [0.29, 0.717) is 29.3 Å². The molecule has 0 bridgehead atoms. The second-order valence-electron chi connectivity index (χ2n) is 5.13. The number of methoxy groups -OCH3 is 1. The molecule has 0 atom stereocenters. The van der Waals surface area contributed by atoms with Gasteiger partial charge in [-0.25, -0.2) is 4.79 Å². The van der Waals surface area contributed by atoms with Crippen molar-refractivity contribution in [3.05, 3.63) is 23.2 Å². The number of aliphatic carboxylic acids is 1. The third-order valence-electron chi connectivity index (χ3n) is 3.60. The Morgan fingerprint density at radius 1 is 1.43 bits per heavy atom. The fourth-order valence-corrected chi connectivity index (χ4v) is 2.53. The van der Waals surface area contributed by atoms with Gasteiger partial charge in [0.15, 0.2) is 0 Å². The predicted octanol–water partition coefficient (Wildman–Crippen LogP) is 2.87. The fraction of sp³-hybridized carbons (Fsp3) is 0.429. The molecule has 2 rings (SSSR count). The van der Waals surface area contributed by atoms with Gasteiger partial charge in [0.1, 0.15) is 5.75 Å². The van der Waals surface area contributed by atoms with E-state index in [9.17, 15) is 9.59 Å². The number of ether oxygens (including phenoxy) is 1. The summed E-state index contributed by atoms with van der Waals surface area (Å²) in [6.07, 6.45) is 2.16. The number of carbonyl (C=O) groups excluding carboxylic acids is 1. The van der Waals surface area contributed by atoms with Crippen LogP contribution >= 0.6 is 11.6 Å². The van der Waals surface area contributed by atoms with Gasteiger partial charge in [-0.2, -0.15) is 0 Å². The molecule has 1 saturated carbocycles. The Kier molecular flexibility index (Phi) is 4.57. The summed E-state index contributed by atoms with van der Waals surface area (Å²) >= 11 is 6.01. The van der Waals surface area contributed by atoms with Crippen LogP contribution in [0, 0.1) is 0 Å². The van der Waals surface area contributed by atoms with E-state index in [2.05, 4.69) is 10.6 Å². The van der Waals surface area contributed by atoms with Gasteiger partial charge in [0, 0.05) is 6.07 Å². The van der Waals surface area contributed by atoms with E-state index >= 15 is 0 Å². The molecule has 2 amide bonds. The number of carboxylic acid groups (broad SMARTS) is 1. The molecule has 0 aromatic heterocycles. The topological polar surface area (TPSA) is 87.7 Å². The van der Waals surface area contributed by atoms with Gasteiger partial charge in [0.2, 0.25) is 0 Å². The van der Waals surface area contributed by atoms with Crippen LogP contribution in [0.2, 0.25) is 5.02 Å². The molecule has 6 nitrogen and oxygen atoms in total. The van der Waals surface area contributed by atoms with Crippen LogP contribution in [-0.2, 0) is 4.79 Å². The average molecular weight is 313 g/mol. The highest BCUT2D eigenvalue weighted by Gasteiger charge is 2.40. The molecule has 0 saturated heterocycles. The van der Waals surface area contributed by atoms with E-state index < -0.39 is 17.5 Å². The van der Waals surface area contributed by atoms with Gasteiger partial charge in [0.05, 0.1) is 29.8 Å². The molecule has 0 radical (unpaired) electrons. The van der Waals surface area contributed by atoms with Crippen LogP contribution in [-0.4, -0.2) is 29.8 Å². The van der Waals surface area contributed by atoms with E-state index in [0.717, 1.165) is 6.42 Å². The lowest BCUT2D eigenvalue weighted by atomic mass is 9.74. The zero-order chi connectivity index (χ0) is 15.5. The molecule has 7 heteroatoms. The second kappa shape index (κ2) is 6.22. The Hall–Kier alpha value is -1.95. The highest BCUT2D eigenvalue weighted by atomic mass is 35.5. The van der Waals surface area contributed by atoms with Gasteiger partial charge in [-0.3, -0.25) is 4.79 Å². The van der Waals surface area contributed by atoms with Crippen LogP contribution in [0.25, 0.3) is 0 Å². The van der Waals surface area contributed by atoms with Crippen LogP contribution in [0.4, 0.5) is 10.5 Å². The maximum atomic E-state index is 12.0. The minimum Gasteiger partial charge on any atom is -0.497 e. The first-order valence-corrected chi connectivity index (χ1v) is 6.96. The van der Waals surface area contributed by atoms with Gasteiger partial charge < -0.3 is 20.5 Å². The molecule has 1 fully saturated rings. The summed E-state index contributed by atoms with van der Waals surface area (Å²) in [7, 11) is 1.52.